The first-order valence-electron chi connectivity index (χ1n) is 17.8. The van der Waals surface area contributed by atoms with E-state index in [1.807, 2.05) is 77.1 Å². The highest BCUT2D eigenvalue weighted by Gasteiger charge is 2.45. The van der Waals surface area contributed by atoms with Crippen molar-refractivity contribution >= 4 is 40.3 Å². The molecule has 4 N–H and O–H groups in total. The fraction of sp³-hybridized carbons (Fsp3) is 0.564. The van der Waals surface area contributed by atoms with Crippen molar-refractivity contribution in [3.8, 4) is 6.07 Å². The summed E-state index contributed by atoms with van der Waals surface area (Å²) in [5, 5.41) is 34.7. The molecule has 53 heavy (non-hydrogen) atoms. The molecule has 2 fully saturated rings. The third-order valence-corrected chi connectivity index (χ3v) is 9.38. The van der Waals surface area contributed by atoms with Crippen molar-refractivity contribution in [3.05, 3.63) is 69.7 Å². The van der Waals surface area contributed by atoms with Gasteiger partial charge in [-0.1, -0.05) is 59.3 Å². The van der Waals surface area contributed by atoms with Gasteiger partial charge in [-0.05, 0) is 109 Å². The van der Waals surface area contributed by atoms with Gasteiger partial charge >= 0.3 is 24.4 Å². The fourth-order valence-electron chi connectivity index (χ4n) is 6.80. The molecule has 0 saturated carbocycles. The van der Waals surface area contributed by atoms with Gasteiger partial charge in [-0.3, -0.25) is 0 Å². The van der Waals surface area contributed by atoms with Gasteiger partial charge in [0.2, 0.25) is 0 Å². The number of benzene rings is 2. The van der Waals surface area contributed by atoms with E-state index in [-0.39, 0.29) is 24.5 Å². The van der Waals surface area contributed by atoms with Crippen molar-refractivity contribution in [1.82, 2.24) is 20.4 Å². The quantitative estimate of drug-likeness (QED) is 0.229. The Labute approximate surface area is 321 Å². The van der Waals surface area contributed by atoms with Crippen LogP contribution in [0.4, 0.5) is 19.2 Å². The number of nitriles is 1. The summed E-state index contributed by atoms with van der Waals surface area (Å²) in [6.45, 7) is 15.2. The zero-order valence-electron chi connectivity index (χ0n) is 31.9. The Hall–Kier alpha value is -4.51. The van der Waals surface area contributed by atoms with Crippen LogP contribution in [0.3, 0.4) is 0 Å². The number of hydrogen-bond donors (Lipinski definition) is 4. The summed E-state index contributed by atoms with van der Waals surface area (Å²) in [5.41, 5.74) is 1.93. The van der Waals surface area contributed by atoms with Crippen LogP contribution in [0.2, 0.25) is 0 Å². The molecule has 4 amide bonds. The smallest absolute Gasteiger partial charge is 0.407 e. The number of nitrogens with zero attached hydrogens (tertiary/aromatic N) is 3. The number of hydrogen-bond acceptors (Lipinski definition) is 7. The molecule has 2 aromatic carbocycles. The molecule has 6 unspecified atom stereocenters. The summed E-state index contributed by atoms with van der Waals surface area (Å²) in [7, 11) is 0. The van der Waals surface area contributed by atoms with Crippen LogP contribution in [0.15, 0.2) is 53.0 Å². The molecule has 2 saturated heterocycles. The second-order valence-corrected chi connectivity index (χ2v) is 16.8. The van der Waals surface area contributed by atoms with Crippen molar-refractivity contribution in [2.24, 2.45) is 11.8 Å². The number of nitrogens with one attached hydrogen (secondary N) is 2. The molecule has 290 valence electrons. The number of alkyl carbamates (subject to hydrolysis) is 2. The summed E-state index contributed by atoms with van der Waals surface area (Å²) >= 11 is 3.49. The lowest BCUT2D eigenvalue weighted by atomic mass is 9.78. The number of aryl methyl sites for hydroxylation is 1. The van der Waals surface area contributed by atoms with Crippen LogP contribution in [0.1, 0.15) is 78.0 Å². The Balaban J connectivity index is 0.000000286. The standard InChI is InChI=1S/C20H27N3O4.C19H27BrN2O4/c1-13-12-23(19(25)26)16(10-14-8-6-5-7-9-14)15(11-21)17(13)22-18(24)27-20(2,3)4;1-12-7-13(9-14(20)8-12)10-16-11-15(5-6-22(16)18(24)25)21-17(23)26-19(2,3)4/h5-9,13,15-17H,10,12H2,1-4H3,(H,22,24)(H,25,26);7-9,15-16H,5-6,10-11H2,1-4H3,(H,21,23)(H,24,25). The number of carbonyl (C=O) groups is 4. The lowest BCUT2D eigenvalue weighted by molar-refractivity contribution is 0.0289. The predicted octanol–water partition coefficient (Wildman–Crippen LogP) is 7.60. The Morgan fingerprint density at radius 1 is 0.887 bits per heavy atom. The van der Waals surface area contributed by atoms with Crippen LogP contribution in [0.5, 0.6) is 0 Å². The maximum Gasteiger partial charge on any atom is 0.407 e. The molecule has 0 aliphatic carbocycles. The summed E-state index contributed by atoms with van der Waals surface area (Å²) in [6.07, 6.45) is -0.860. The number of amides is 4. The van der Waals surface area contributed by atoms with Crippen molar-refractivity contribution in [2.75, 3.05) is 13.1 Å². The van der Waals surface area contributed by atoms with Gasteiger partial charge in [-0.25, -0.2) is 19.2 Å². The number of halogens is 1. The maximum atomic E-state index is 12.2. The van der Waals surface area contributed by atoms with E-state index < -0.39 is 53.6 Å². The summed E-state index contributed by atoms with van der Waals surface area (Å²) in [6, 6.07) is 16.5. The van der Waals surface area contributed by atoms with Gasteiger partial charge < -0.3 is 40.1 Å². The molecule has 0 spiro atoms. The van der Waals surface area contributed by atoms with Gasteiger partial charge in [0.25, 0.3) is 0 Å². The SMILES string of the molecule is CC1CN(C(=O)O)C(Cc2ccccc2)C(C#N)C1NC(=O)OC(C)(C)C.Cc1cc(Br)cc(CC2CC(NC(=O)OC(C)(C)C)CCN2C(=O)O)c1. The number of likely N-dealkylation sites (tertiary alicyclic amines) is 2. The molecule has 4 rings (SSSR count). The van der Waals surface area contributed by atoms with Crippen molar-refractivity contribution in [2.45, 2.75) is 116 Å². The lowest BCUT2D eigenvalue weighted by Gasteiger charge is -2.45. The average molecular weight is 801 g/mol. The zero-order chi connectivity index (χ0) is 39.7. The number of carboxylic acid groups (broad SMARTS) is 2. The van der Waals surface area contributed by atoms with Gasteiger partial charge in [0.15, 0.2) is 0 Å². The lowest BCUT2D eigenvalue weighted by Crippen LogP contribution is -2.62. The molecule has 2 heterocycles. The minimum absolute atomic E-state index is 0.0984. The fourth-order valence-corrected chi connectivity index (χ4v) is 7.46. The van der Waals surface area contributed by atoms with E-state index in [2.05, 4.69) is 38.7 Å². The minimum Gasteiger partial charge on any atom is -0.465 e. The highest BCUT2D eigenvalue weighted by Crippen LogP contribution is 2.31. The first-order valence-corrected chi connectivity index (χ1v) is 18.6. The molecule has 6 atom stereocenters. The Morgan fingerprint density at radius 2 is 1.47 bits per heavy atom. The largest absolute Gasteiger partial charge is 0.465 e. The van der Waals surface area contributed by atoms with Crippen molar-refractivity contribution in [1.29, 1.82) is 5.26 Å². The van der Waals surface area contributed by atoms with Crippen LogP contribution in [-0.4, -0.2) is 92.8 Å². The van der Waals surface area contributed by atoms with Crippen LogP contribution in [0, 0.1) is 30.1 Å². The molecule has 14 heteroatoms. The second kappa shape index (κ2) is 18.5. The van der Waals surface area contributed by atoms with E-state index in [0.29, 0.717) is 32.2 Å². The molecule has 13 nitrogen and oxygen atoms in total. The topological polar surface area (TPSA) is 182 Å². The highest BCUT2D eigenvalue weighted by atomic mass is 79.9. The van der Waals surface area contributed by atoms with Gasteiger partial charge in [0.1, 0.15) is 11.2 Å². The highest BCUT2D eigenvalue weighted by molar-refractivity contribution is 9.10. The molecule has 2 aliphatic rings. The van der Waals surface area contributed by atoms with Crippen LogP contribution >= 0.6 is 15.9 Å². The molecule has 2 aromatic rings. The van der Waals surface area contributed by atoms with E-state index in [1.165, 1.54) is 9.80 Å². The Bertz CT molecular complexity index is 1600. The molecule has 0 radical (unpaired) electrons. The van der Waals surface area contributed by atoms with E-state index in [0.717, 1.165) is 21.2 Å². The van der Waals surface area contributed by atoms with E-state index in [1.54, 1.807) is 20.8 Å². The third kappa shape index (κ3) is 13.8. The van der Waals surface area contributed by atoms with E-state index >= 15 is 0 Å². The summed E-state index contributed by atoms with van der Waals surface area (Å²) in [5.74, 6) is -0.900. The molecular weight excluding hydrogens is 746 g/mol. The normalized spacial score (nSPS) is 23.0. The Kier molecular flexibility index (Phi) is 15.0. The second-order valence-electron chi connectivity index (χ2n) is 15.8. The van der Waals surface area contributed by atoms with Crippen molar-refractivity contribution in [3.63, 3.8) is 0 Å². The first kappa shape index (κ1) is 42.9. The number of piperidine rings is 2. The van der Waals surface area contributed by atoms with Crippen LogP contribution < -0.4 is 10.6 Å². The van der Waals surface area contributed by atoms with Gasteiger partial charge in [-0.2, -0.15) is 5.26 Å². The molecule has 2 aliphatic heterocycles. The summed E-state index contributed by atoms with van der Waals surface area (Å²) < 4.78 is 11.6. The monoisotopic (exact) mass is 799 g/mol. The predicted molar refractivity (Wildman–Crippen MR) is 204 cm³/mol. The van der Waals surface area contributed by atoms with E-state index in [4.69, 9.17) is 9.47 Å². The third-order valence-electron chi connectivity index (χ3n) is 8.92. The van der Waals surface area contributed by atoms with Gasteiger partial charge in [0, 0.05) is 29.6 Å². The molecule has 0 bridgehead atoms. The van der Waals surface area contributed by atoms with Gasteiger partial charge in [0.05, 0.1) is 24.1 Å². The van der Waals surface area contributed by atoms with Crippen molar-refractivity contribution < 1.29 is 38.9 Å². The Morgan fingerprint density at radius 3 is 2.00 bits per heavy atom. The van der Waals surface area contributed by atoms with Gasteiger partial charge in [-0.15, -0.1) is 0 Å². The first-order chi connectivity index (χ1) is 24.6. The molecular formula is C39H54BrN5O8. The number of rotatable bonds is 6. The van der Waals surface area contributed by atoms with E-state index in [9.17, 15) is 34.7 Å². The summed E-state index contributed by atoms with van der Waals surface area (Å²) in [4.78, 5) is 50.5. The molecule has 0 aromatic heterocycles. The zero-order valence-corrected chi connectivity index (χ0v) is 33.5. The average Bonchev–Trinajstić information content (AvgIpc) is 3.01. The van der Waals surface area contributed by atoms with Crippen LogP contribution in [0.25, 0.3) is 0 Å². The number of carbonyl (C=O) groups excluding carboxylic acids is 2. The number of ether oxygens (including phenoxy) is 2. The maximum absolute atomic E-state index is 12.2. The minimum atomic E-state index is -1.06. The van der Waals surface area contributed by atoms with Crippen LogP contribution in [-0.2, 0) is 22.3 Å².